The molecule has 1 aromatic heterocycles. The summed E-state index contributed by atoms with van der Waals surface area (Å²) < 4.78 is 7.23. The highest BCUT2D eigenvalue weighted by atomic mass is 35.5. The molecular weight excluding hydrogens is 444 g/mol. The predicted octanol–water partition coefficient (Wildman–Crippen LogP) is 5.52. The summed E-state index contributed by atoms with van der Waals surface area (Å²) in [4.78, 5) is 12.6. The topological polar surface area (TPSA) is 69.0 Å². The van der Waals surface area contributed by atoms with Crippen LogP contribution in [0.5, 0.6) is 5.75 Å². The lowest BCUT2D eigenvalue weighted by Crippen LogP contribution is -2.09. The fraction of sp³-hybridized carbons (Fsp3) is 0.125. The number of anilines is 1. The molecule has 162 valence electrons. The van der Waals surface area contributed by atoms with E-state index in [9.17, 15) is 4.79 Å². The number of benzene rings is 3. The number of aromatic nitrogens is 3. The van der Waals surface area contributed by atoms with Crippen LogP contribution in [0.2, 0.25) is 5.02 Å². The molecule has 0 saturated heterocycles. The Balaban J connectivity index is 1.57. The summed E-state index contributed by atoms with van der Waals surface area (Å²) in [7, 11) is 1.63. The van der Waals surface area contributed by atoms with Gasteiger partial charge in [-0.15, -0.1) is 10.2 Å². The average molecular weight is 465 g/mol. The van der Waals surface area contributed by atoms with Crippen LogP contribution >= 0.6 is 23.4 Å². The van der Waals surface area contributed by atoms with Crippen LogP contribution in [0.15, 0.2) is 84.0 Å². The Morgan fingerprint density at radius 1 is 1.00 bits per heavy atom. The number of halogens is 1. The molecule has 8 heteroatoms. The molecule has 32 heavy (non-hydrogen) atoms. The number of hydrogen-bond acceptors (Lipinski definition) is 6. The van der Waals surface area contributed by atoms with Gasteiger partial charge in [-0.05, 0) is 48.5 Å². The highest BCUT2D eigenvalue weighted by Crippen LogP contribution is 2.25. The molecule has 1 N–H and O–H groups in total. The number of Topliss-reactive ketones (excluding diaryl/α,β-unsaturated/α-hetero) is 1. The number of nitrogens with zero attached hydrogens (tertiary/aromatic N) is 3. The van der Waals surface area contributed by atoms with E-state index in [2.05, 4.69) is 15.5 Å². The van der Waals surface area contributed by atoms with Crippen molar-refractivity contribution in [3.63, 3.8) is 0 Å². The normalized spacial score (nSPS) is 10.7. The lowest BCUT2D eigenvalue weighted by molar-refractivity contribution is 0.102. The first-order chi connectivity index (χ1) is 15.6. The fourth-order valence-electron chi connectivity index (χ4n) is 3.09. The maximum absolute atomic E-state index is 12.6. The van der Waals surface area contributed by atoms with Gasteiger partial charge in [0.1, 0.15) is 5.75 Å². The van der Waals surface area contributed by atoms with Crippen LogP contribution in [0.3, 0.4) is 0 Å². The molecule has 0 aliphatic carbocycles. The molecule has 0 bridgehead atoms. The summed E-state index contributed by atoms with van der Waals surface area (Å²) >= 11 is 7.33. The molecule has 4 rings (SSSR count). The second-order valence-electron chi connectivity index (χ2n) is 6.87. The third kappa shape index (κ3) is 5.30. The maximum Gasteiger partial charge on any atom is 0.196 e. The lowest BCUT2D eigenvalue weighted by atomic mass is 10.2. The van der Waals surface area contributed by atoms with Crippen molar-refractivity contribution in [2.75, 3.05) is 18.2 Å². The van der Waals surface area contributed by atoms with E-state index in [1.807, 2.05) is 83.4 Å². The van der Waals surface area contributed by atoms with Gasteiger partial charge in [0, 0.05) is 22.0 Å². The van der Waals surface area contributed by atoms with Crippen molar-refractivity contribution in [1.82, 2.24) is 14.8 Å². The van der Waals surface area contributed by atoms with Crippen molar-refractivity contribution >= 4 is 34.8 Å². The quantitative estimate of drug-likeness (QED) is 0.260. The number of carbonyl (C=O) groups is 1. The Hall–Kier alpha value is -3.29. The minimum absolute atomic E-state index is 0.0423. The van der Waals surface area contributed by atoms with Gasteiger partial charge in [-0.2, -0.15) is 0 Å². The minimum Gasteiger partial charge on any atom is -0.497 e. The molecule has 0 fully saturated rings. The Kier molecular flexibility index (Phi) is 7.09. The van der Waals surface area contributed by atoms with E-state index < -0.39 is 0 Å². The molecular formula is C24H21ClN4O2S. The zero-order chi connectivity index (χ0) is 22.3. The molecule has 4 aromatic rings. The van der Waals surface area contributed by atoms with Crippen LogP contribution in [0.25, 0.3) is 5.69 Å². The SMILES string of the molecule is COc1ccc(-n2c(CNc3ccc(Cl)cc3)nnc2SCC(=O)c2ccccc2)cc1. The summed E-state index contributed by atoms with van der Waals surface area (Å²) in [6.07, 6.45) is 0. The second-order valence-corrected chi connectivity index (χ2v) is 8.25. The van der Waals surface area contributed by atoms with Gasteiger partial charge in [0.05, 0.1) is 19.4 Å². The number of ether oxygens (including phenoxy) is 1. The molecule has 1 heterocycles. The van der Waals surface area contributed by atoms with Crippen molar-refractivity contribution in [3.05, 3.63) is 95.3 Å². The van der Waals surface area contributed by atoms with Crippen LogP contribution in [-0.2, 0) is 6.54 Å². The largest absolute Gasteiger partial charge is 0.497 e. The van der Waals surface area contributed by atoms with Crippen molar-refractivity contribution in [1.29, 1.82) is 0 Å². The van der Waals surface area contributed by atoms with Crippen molar-refractivity contribution in [3.8, 4) is 11.4 Å². The van der Waals surface area contributed by atoms with E-state index in [0.717, 1.165) is 22.9 Å². The molecule has 0 atom stereocenters. The Labute approximate surface area is 195 Å². The average Bonchev–Trinajstić information content (AvgIpc) is 3.25. The molecule has 3 aromatic carbocycles. The van der Waals surface area contributed by atoms with E-state index in [4.69, 9.17) is 16.3 Å². The number of hydrogen-bond donors (Lipinski definition) is 1. The summed E-state index contributed by atoms with van der Waals surface area (Å²) in [6.45, 7) is 0.452. The number of carbonyl (C=O) groups excluding carboxylic acids is 1. The van der Waals surface area contributed by atoms with Crippen LogP contribution < -0.4 is 10.1 Å². The molecule has 0 aliphatic heterocycles. The number of rotatable bonds is 9. The Bertz CT molecular complexity index is 1180. The third-order valence-corrected chi connectivity index (χ3v) is 5.93. The number of nitrogens with one attached hydrogen (secondary N) is 1. The zero-order valence-corrected chi connectivity index (χ0v) is 18.9. The first-order valence-electron chi connectivity index (χ1n) is 9.93. The van der Waals surface area contributed by atoms with Gasteiger partial charge in [0.25, 0.3) is 0 Å². The van der Waals surface area contributed by atoms with Crippen molar-refractivity contribution in [2.45, 2.75) is 11.7 Å². The highest BCUT2D eigenvalue weighted by molar-refractivity contribution is 7.99. The standard InChI is InChI=1S/C24H21ClN4O2S/c1-31-21-13-11-20(12-14-21)29-23(15-26-19-9-7-18(25)8-10-19)27-28-24(29)32-16-22(30)17-5-3-2-4-6-17/h2-14,26H,15-16H2,1H3. The number of methoxy groups -OCH3 is 1. The molecule has 0 unspecified atom stereocenters. The van der Waals surface area contributed by atoms with E-state index in [0.29, 0.717) is 22.3 Å². The Morgan fingerprint density at radius 2 is 1.72 bits per heavy atom. The summed E-state index contributed by atoms with van der Waals surface area (Å²) in [5, 5.41) is 13.4. The van der Waals surface area contributed by atoms with Crippen molar-refractivity contribution in [2.24, 2.45) is 0 Å². The summed E-state index contributed by atoms with van der Waals surface area (Å²) in [5.41, 5.74) is 2.49. The molecule has 0 saturated carbocycles. The van der Waals surface area contributed by atoms with Crippen LogP contribution in [0.4, 0.5) is 5.69 Å². The molecule has 0 amide bonds. The van der Waals surface area contributed by atoms with E-state index >= 15 is 0 Å². The van der Waals surface area contributed by atoms with E-state index in [-0.39, 0.29) is 11.5 Å². The molecule has 6 nitrogen and oxygen atoms in total. The lowest BCUT2D eigenvalue weighted by Gasteiger charge is -2.12. The van der Waals surface area contributed by atoms with Crippen LogP contribution in [-0.4, -0.2) is 33.4 Å². The summed E-state index contributed by atoms with van der Waals surface area (Å²) in [5.74, 6) is 1.79. The molecule has 0 aliphatic rings. The molecule has 0 spiro atoms. The first kappa shape index (κ1) is 21.9. The molecule has 0 radical (unpaired) electrons. The van der Waals surface area contributed by atoms with Gasteiger partial charge in [-0.1, -0.05) is 53.7 Å². The van der Waals surface area contributed by atoms with E-state index in [1.165, 1.54) is 11.8 Å². The van der Waals surface area contributed by atoms with E-state index in [1.54, 1.807) is 7.11 Å². The fourth-order valence-corrected chi connectivity index (χ4v) is 4.08. The van der Waals surface area contributed by atoms with Gasteiger partial charge in [0.15, 0.2) is 16.8 Å². The van der Waals surface area contributed by atoms with Crippen LogP contribution in [0.1, 0.15) is 16.2 Å². The Morgan fingerprint density at radius 3 is 2.41 bits per heavy atom. The number of thioether (sulfide) groups is 1. The van der Waals surface area contributed by atoms with Gasteiger partial charge >= 0.3 is 0 Å². The van der Waals surface area contributed by atoms with Gasteiger partial charge in [-0.3, -0.25) is 9.36 Å². The minimum atomic E-state index is 0.0423. The van der Waals surface area contributed by atoms with Gasteiger partial charge in [-0.25, -0.2) is 0 Å². The maximum atomic E-state index is 12.6. The monoisotopic (exact) mass is 464 g/mol. The van der Waals surface area contributed by atoms with Gasteiger partial charge in [0.2, 0.25) is 0 Å². The zero-order valence-electron chi connectivity index (χ0n) is 17.4. The van der Waals surface area contributed by atoms with Crippen LogP contribution in [0, 0.1) is 0 Å². The third-order valence-electron chi connectivity index (χ3n) is 4.75. The predicted molar refractivity (Wildman–Crippen MR) is 128 cm³/mol. The van der Waals surface area contributed by atoms with Crippen molar-refractivity contribution < 1.29 is 9.53 Å². The second kappa shape index (κ2) is 10.3. The first-order valence-corrected chi connectivity index (χ1v) is 11.3. The smallest absolute Gasteiger partial charge is 0.196 e. The number of ketones is 1. The van der Waals surface area contributed by atoms with Gasteiger partial charge < -0.3 is 10.1 Å². The summed E-state index contributed by atoms with van der Waals surface area (Å²) in [6, 6.07) is 24.4. The highest BCUT2D eigenvalue weighted by Gasteiger charge is 2.16.